The normalized spacial score (nSPS) is 10.2. The van der Waals surface area contributed by atoms with E-state index in [1.807, 2.05) is 0 Å². The first kappa shape index (κ1) is 18.2. The second-order valence-corrected chi connectivity index (χ2v) is 4.79. The molecule has 0 aliphatic heterocycles. The summed E-state index contributed by atoms with van der Waals surface area (Å²) in [7, 11) is 4.57. The average Bonchev–Trinajstić information content (AvgIpc) is 2.62. The van der Waals surface area contributed by atoms with Crippen LogP contribution in [0, 0.1) is 10.1 Å². The second-order valence-electron chi connectivity index (χ2n) is 4.79. The maximum atomic E-state index is 11.5. The van der Waals surface area contributed by atoms with Gasteiger partial charge in [0.1, 0.15) is 17.8 Å². The van der Waals surface area contributed by atoms with Crippen molar-refractivity contribution in [2.75, 3.05) is 45.1 Å². The minimum atomic E-state index is -0.548. The van der Waals surface area contributed by atoms with Gasteiger partial charge in [-0.1, -0.05) is 0 Å². The minimum Gasteiger partial charge on any atom is -0.497 e. The quantitative estimate of drug-likeness (QED) is 0.398. The van der Waals surface area contributed by atoms with Gasteiger partial charge in [0.2, 0.25) is 11.6 Å². The molecule has 0 saturated heterocycles. The van der Waals surface area contributed by atoms with Gasteiger partial charge in [0.15, 0.2) is 0 Å². The van der Waals surface area contributed by atoms with Crippen LogP contribution in [0.5, 0.6) is 11.5 Å². The van der Waals surface area contributed by atoms with Crippen molar-refractivity contribution in [2.24, 2.45) is 0 Å². The van der Waals surface area contributed by atoms with Crippen molar-refractivity contribution < 1.29 is 19.1 Å². The number of nitro groups is 1. The third kappa shape index (κ3) is 4.44. The number of anilines is 3. The van der Waals surface area contributed by atoms with E-state index >= 15 is 0 Å². The number of nitrogens with zero attached hydrogens (tertiary/aromatic N) is 3. The van der Waals surface area contributed by atoms with E-state index in [4.69, 9.17) is 14.2 Å². The van der Waals surface area contributed by atoms with E-state index in [2.05, 4.69) is 20.6 Å². The molecule has 2 N–H and O–H groups in total. The Balaban J connectivity index is 2.36. The topological polar surface area (TPSA) is 121 Å². The van der Waals surface area contributed by atoms with Crippen LogP contribution in [0.25, 0.3) is 0 Å². The molecular formula is C15H19N5O5. The van der Waals surface area contributed by atoms with Crippen molar-refractivity contribution >= 4 is 23.0 Å². The van der Waals surface area contributed by atoms with E-state index in [9.17, 15) is 10.1 Å². The summed E-state index contributed by atoms with van der Waals surface area (Å²) in [5, 5.41) is 17.3. The predicted molar refractivity (Wildman–Crippen MR) is 91.9 cm³/mol. The van der Waals surface area contributed by atoms with Gasteiger partial charge in [-0.15, -0.1) is 0 Å². The first-order valence-corrected chi connectivity index (χ1v) is 7.32. The summed E-state index contributed by atoms with van der Waals surface area (Å²) >= 11 is 0. The lowest BCUT2D eigenvalue weighted by Gasteiger charge is -2.13. The predicted octanol–water partition coefficient (Wildman–Crippen LogP) is 2.20. The van der Waals surface area contributed by atoms with Crippen LogP contribution in [0.3, 0.4) is 0 Å². The van der Waals surface area contributed by atoms with Crippen molar-refractivity contribution in [2.45, 2.75) is 0 Å². The molecule has 1 aromatic heterocycles. The van der Waals surface area contributed by atoms with Crippen LogP contribution in [-0.4, -0.2) is 49.4 Å². The Hall–Kier alpha value is -3.14. The number of ether oxygens (including phenoxy) is 3. The lowest BCUT2D eigenvalue weighted by Crippen LogP contribution is -2.12. The Morgan fingerprint density at radius 2 is 1.92 bits per heavy atom. The van der Waals surface area contributed by atoms with Gasteiger partial charge < -0.3 is 24.8 Å². The van der Waals surface area contributed by atoms with E-state index < -0.39 is 4.92 Å². The molecule has 0 spiro atoms. The zero-order valence-corrected chi connectivity index (χ0v) is 14.1. The molecule has 2 rings (SSSR count). The van der Waals surface area contributed by atoms with Gasteiger partial charge >= 0.3 is 5.69 Å². The Bertz CT molecular complexity index is 740. The summed E-state index contributed by atoms with van der Waals surface area (Å²) in [5.74, 6) is 1.21. The van der Waals surface area contributed by atoms with Crippen LogP contribution >= 0.6 is 0 Å². The lowest BCUT2D eigenvalue weighted by atomic mass is 10.2. The molecule has 0 aliphatic carbocycles. The fourth-order valence-electron chi connectivity index (χ4n) is 2.07. The molecule has 0 radical (unpaired) electrons. The molecule has 0 atom stereocenters. The third-order valence-corrected chi connectivity index (χ3v) is 3.27. The molecule has 0 saturated carbocycles. The van der Waals surface area contributed by atoms with Gasteiger partial charge in [0.05, 0.1) is 31.4 Å². The summed E-state index contributed by atoms with van der Waals surface area (Å²) in [6, 6.07) is 5.05. The van der Waals surface area contributed by atoms with E-state index in [0.717, 1.165) is 0 Å². The number of hydrogen-bond acceptors (Lipinski definition) is 9. The summed E-state index contributed by atoms with van der Waals surface area (Å²) in [4.78, 5) is 18.8. The van der Waals surface area contributed by atoms with E-state index in [1.165, 1.54) is 20.5 Å². The molecule has 0 unspecified atom stereocenters. The number of nitrogens with one attached hydrogen (secondary N) is 2. The first-order valence-electron chi connectivity index (χ1n) is 7.32. The molecule has 0 bridgehead atoms. The molecule has 1 aromatic carbocycles. The number of rotatable bonds is 9. The fraction of sp³-hybridized carbons (Fsp3) is 0.333. The van der Waals surface area contributed by atoms with Crippen molar-refractivity contribution in [3.05, 3.63) is 34.6 Å². The van der Waals surface area contributed by atoms with Gasteiger partial charge in [0.25, 0.3) is 0 Å². The summed E-state index contributed by atoms with van der Waals surface area (Å²) < 4.78 is 15.3. The zero-order chi connectivity index (χ0) is 18.2. The Labute approximate surface area is 144 Å². The van der Waals surface area contributed by atoms with Crippen LogP contribution in [-0.2, 0) is 4.74 Å². The highest BCUT2D eigenvalue weighted by Crippen LogP contribution is 2.35. The molecule has 25 heavy (non-hydrogen) atoms. The third-order valence-electron chi connectivity index (χ3n) is 3.27. The van der Waals surface area contributed by atoms with Gasteiger partial charge in [-0.05, 0) is 12.1 Å². The molecule has 2 aromatic rings. The van der Waals surface area contributed by atoms with E-state index in [-0.39, 0.29) is 17.3 Å². The Kier molecular flexibility index (Phi) is 6.29. The van der Waals surface area contributed by atoms with Gasteiger partial charge in [0, 0.05) is 19.7 Å². The average molecular weight is 349 g/mol. The molecule has 0 fully saturated rings. The molecule has 134 valence electrons. The van der Waals surface area contributed by atoms with Crippen molar-refractivity contribution in [1.82, 2.24) is 9.97 Å². The number of benzene rings is 1. The minimum absolute atomic E-state index is 0.0448. The summed E-state index contributed by atoms with van der Waals surface area (Å²) in [6.45, 7) is 0.760. The molecule has 10 nitrogen and oxygen atoms in total. The van der Waals surface area contributed by atoms with Crippen LogP contribution in [0.4, 0.5) is 23.0 Å². The van der Waals surface area contributed by atoms with E-state index in [0.29, 0.717) is 30.3 Å². The molecule has 0 amide bonds. The van der Waals surface area contributed by atoms with Crippen LogP contribution in [0.15, 0.2) is 24.5 Å². The van der Waals surface area contributed by atoms with Crippen molar-refractivity contribution in [3.8, 4) is 11.5 Å². The number of aromatic nitrogens is 2. The maximum absolute atomic E-state index is 11.5. The Morgan fingerprint density at radius 3 is 2.56 bits per heavy atom. The van der Waals surface area contributed by atoms with Crippen LogP contribution in [0.1, 0.15) is 0 Å². The van der Waals surface area contributed by atoms with Crippen molar-refractivity contribution in [1.29, 1.82) is 0 Å². The number of hydrogen-bond donors (Lipinski definition) is 2. The molecule has 10 heteroatoms. The van der Waals surface area contributed by atoms with Gasteiger partial charge in [-0.2, -0.15) is 0 Å². The smallest absolute Gasteiger partial charge is 0.353 e. The highest BCUT2D eigenvalue weighted by atomic mass is 16.6. The first-order chi connectivity index (χ1) is 12.1. The zero-order valence-electron chi connectivity index (χ0n) is 14.1. The fourth-order valence-corrected chi connectivity index (χ4v) is 2.07. The van der Waals surface area contributed by atoms with Crippen LogP contribution in [0.2, 0.25) is 0 Å². The highest BCUT2D eigenvalue weighted by molar-refractivity contribution is 5.76. The standard InChI is InChI=1S/C15H19N5O5/c1-23-7-6-16-14-13(20(21)22)15(18-9-17-14)19-11-5-4-10(24-2)8-12(11)25-3/h4-5,8-9H,6-7H2,1-3H3,(H2,16,17,18,19). The molecule has 1 heterocycles. The van der Waals surface area contributed by atoms with Crippen molar-refractivity contribution in [3.63, 3.8) is 0 Å². The largest absolute Gasteiger partial charge is 0.497 e. The number of methoxy groups -OCH3 is 3. The monoisotopic (exact) mass is 349 g/mol. The molecular weight excluding hydrogens is 330 g/mol. The van der Waals surface area contributed by atoms with Gasteiger partial charge in [-0.25, -0.2) is 9.97 Å². The lowest BCUT2D eigenvalue weighted by molar-refractivity contribution is -0.383. The van der Waals surface area contributed by atoms with Crippen LogP contribution < -0.4 is 20.1 Å². The SMILES string of the molecule is COCCNc1ncnc(Nc2ccc(OC)cc2OC)c1[N+](=O)[O-]. The molecule has 0 aliphatic rings. The maximum Gasteiger partial charge on any atom is 0.353 e. The Morgan fingerprint density at radius 1 is 1.16 bits per heavy atom. The summed E-state index contributed by atoms with van der Waals surface area (Å²) in [6.07, 6.45) is 1.24. The second kappa shape index (κ2) is 8.64. The highest BCUT2D eigenvalue weighted by Gasteiger charge is 2.23. The van der Waals surface area contributed by atoms with Gasteiger partial charge in [-0.3, -0.25) is 10.1 Å². The summed E-state index contributed by atoms with van der Waals surface area (Å²) in [5.41, 5.74) is 0.240. The van der Waals surface area contributed by atoms with E-state index in [1.54, 1.807) is 25.3 Å².